The predicted molar refractivity (Wildman–Crippen MR) is 60.4 cm³/mol. The fourth-order valence-corrected chi connectivity index (χ4v) is 2.43. The van der Waals surface area contributed by atoms with Crippen molar-refractivity contribution in [1.82, 2.24) is 0 Å². The van der Waals surface area contributed by atoms with Crippen molar-refractivity contribution in [3.05, 3.63) is 39.4 Å². The van der Waals surface area contributed by atoms with Crippen LogP contribution in [0.3, 0.4) is 0 Å². The molecule has 0 bridgehead atoms. The Hall–Kier alpha value is -0.990. The van der Waals surface area contributed by atoms with Crippen LogP contribution in [0.1, 0.15) is 17.5 Å². The average molecular weight is 243 g/mol. The van der Waals surface area contributed by atoms with Gasteiger partial charge >= 0.3 is 5.97 Å². The summed E-state index contributed by atoms with van der Waals surface area (Å²) in [6.07, 6.45) is 2.71. The zero-order chi connectivity index (χ0) is 11.0. The van der Waals surface area contributed by atoms with Crippen LogP contribution in [0.25, 0.3) is 5.57 Å². The second-order valence-corrected chi connectivity index (χ2v) is 4.27. The molecule has 0 saturated carbocycles. The summed E-state index contributed by atoms with van der Waals surface area (Å²) in [5.74, 6) is -0.936. The molecule has 1 N–H and O–H groups in total. The van der Waals surface area contributed by atoms with Crippen LogP contribution >= 0.6 is 23.2 Å². The van der Waals surface area contributed by atoms with Gasteiger partial charge in [0, 0.05) is 16.1 Å². The number of hydrogen-bond donors (Lipinski definition) is 1. The van der Waals surface area contributed by atoms with Crippen LogP contribution in [-0.2, 0) is 11.2 Å². The van der Waals surface area contributed by atoms with E-state index < -0.39 is 5.97 Å². The molecule has 0 aliphatic heterocycles. The van der Waals surface area contributed by atoms with Crippen molar-refractivity contribution in [2.75, 3.05) is 0 Å². The maximum Gasteiger partial charge on any atom is 0.328 e. The largest absolute Gasteiger partial charge is 0.478 e. The quantitative estimate of drug-likeness (QED) is 0.767. The van der Waals surface area contributed by atoms with Crippen molar-refractivity contribution >= 4 is 34.7 Å². The first-order chi connectivity index (χ1) is 7.08. The summed E-state index contributed by atoms with van der Waals surface area (Å²) in [7, 11) is 0. The Labute approximate surface area is 97.1 Å². The van der Waals surface area contributed by atoms with Gasteiger partial charge in [-0.25, -0.2) is 4.79 Å². The fraction of sp³-hybridized carbons (Fsp3) is 0.182. The maximum absolute atomic E-state index is 10.6. The molecule has 0 fully saturated rings. The first kappa shape index (κ1) is 10.5. The Bertz CT molecular complexity index is 464. The summed E-state index contributed by atoms with van der Waals surface area (Å²) in [5.41, 5.74) is 2.66. The van der Waals surface area contributed by atoms with E-state index in [2.05, 4.69) is 0 Å². The van der Waals surface area contributed by atoms with Crippen molar-refractivity contribution in [3.8, 4) is 0 Å². The lowest BCUT2D eigenvalue weighted by Gasteiger charge is -2.03. The number of allylic oxidation sites excluding steroid dienone is 1. The highest BCUT2D eigenvalue weighted by molar-refractivity contribution is 6.35. The molecule has 0 saturated heterocycles. The van der Waals surface area contributed by atoms with Crippen LogP contribution in [0.4, 0.5) is 0 Å². The van der Waals surface area contributed by atoms with E-state index in [-0.39, 0.29) is 0 Å². The van der Waals surface area contributed by atoms with E-state index >= 15 is 0 Å². The summed E-state index contributed by atoms with van der Waals surface area (Å²) in [6.45, 7) is 0. The van der Waals surface area contributed by atoms with Gasteiger partial charge in [0.25, 0.3) is 0 Å². The Balaban J connectivity index is 2.55. The van der Waals surface area contributed by atoms with Gasteiger partial charge in [0.05, 0.1) is 0 Å². The lowest BCUT2D eigenvalue weighted by molar-refractivity contribution is -0.131. The molecule has 1 aliphatic rings. The highest BCUT2D eigenvalue weighted by Crippen LogP contribution is 2.38. The summed E-state index contributed by atoms with van der Waals surface area (Å²) >= 11 is 11.9. The third-order valence-corrected chi connectivity index (χ3v) is 3.00. The van der Waals surface area contributed by atoms with Crippen molar-refractivity contribution in [2.45, 2.75) is 12.8 Å². The number of benzene rings is 1. The monoisotopic (exact) mass is 242 g/mol. The lowest BCUT2D eigenvalue weighted by Crippen LogP contribution is -1.90. The number of carboxylic acids is 1. The SMILES string of the molecule is O=C(O)/C=C1\CCc2c(Cl)cc(Cl)cc21. The van der Waals surface area contributed by atoms with E-state index in [1.54, 1.807) is 12.1 Å². The van der Waals surface area contributed by atoms with Gasteiger partial charge in [0.15, 0.2) is 0 Å². The lowest BCUT2D eigenvalue weighted by atomic mass is 10.1. The van der Waals surface area contributed by atoms with E-state index in [1.165, 1.54) is 6.08 Å². The van der Waals surface area contributed by atoms with Crippen molar-refractivity contribution < 1.29 is 9.90 Å². The molecule has 2 nitrogen and oxygen atoms in total. The second kappa shape index (κ2) is 3.87. The molecule has 2 rings (SSSR count). The molecule has 0 radical (unpaired) electrons. The van der Waals surface area contributed by atoms with E-state index in [9.17, 15) is 4.79 Å². The van der Waals surface area contributed by atoms with Crippen LogP contribution in [0.2, 0.25) is 10.0 Å². The number of aliphatic carboxylic acids is 1. The van der Waals surface area contributed by atoms with E-state index in [4.69, 9.17) is 28.3 Å². The molecule has 1 aliphatic carbocycles. The molecule has 1 aromatic carbocycles. The number of rotatable bonds is 1. The molecule has 0 amide bonds. The van der Waals surface area contributed by atoms with Gasteiger partial charge < -0.3 is 5.11 Å². The highest BCUT2D eigenvalue weighted by atomic mass is 35.5. The number of carbonyl (C=O) groups is 1. The first-order valence-electron chi connectivity index (χ1n) is 4.49. The minimum absolute atomic E-state index is 0.539. The molecule has 0 spiro atoms. The smallest absolute Gasteiger partial charge is 0.328 e. The Kier molecular flexibility index (Phi) is 2.72. The molecular weight excluding hydrogens is 235 g/mol. The predicted octanol–water partition coefficient (Wildman–Crippen LogP) is 3.41. The van der Waals surface area contributed by atoms with Crippen molar-refractivity contribution in [2.24, 2.45) is 0 Å². The van der Waals surface area contributed by atoms with Crippen LogP contribution < -0.4 is 0 Å². The number of carboxylic acid groups (broad SMARTS) is 1. The molecule has 0 aromatic heterocycles. The zero-order valence-corrected chi connectivity index (χ0v) is 9.27. The Morgan fingerprint density at radius 1 is 1.33 bits per heavy atom. The minimum Gasteiger partial charge on any atom is -0.478 e. The van der Waals surface area contributed by atoms with E-state index in [1.807, 2.05) is 0 Å². The van der Waals surface area contributed by atoms with Crippen LogP contribution in [-0.4, -0.2) is 11.1 Å². The van der Waals surface area contributed by atoms with E-state index in [0.717, 1.165) is 23.1 Å². The number of fused-ring (bicyclic) bond motifs is 1. The van der Waals surface area contributed by atoms with Gasteiger partial charge in [-0.3, -0.25) is 0 Å². The molecule has 0 unspecified atom stereocenters. The van der Waals surface area contributed by atoms with Gasteiger partial charge in [-0.2, -0.15) is 0 Å². The van der Waals surface area contributed by atoms with Crippen molar-refractivity contribution in [3.63, 3.8) is 0 Å². The molecule has 0 heterocycles. The average Bonchev–Trinajstić information content (AvgIpc) is 2.48. The third-order valence-electron chi connectivity index (χ3n) is 2.45. The molecular formula is C11H8Cl2O2. The number of halogens is 2. The molecule has 1 aromatic rings. The molecule has 78 valence electrons. The summed E-state index contributed by atoms with van der Waals surface area (Å²) in [4.78, 5) is 10.6. The van der Waals surface area contributed by atoms with Gasteiger partial charge in [-0.15, -0.1) is 0 Å². The van der Waals surface area contributed by atoms with Crippen LogP contribution in [0, 0.1) is 0 Å². The standard InChI is InChI=1S/C11H8Cl2O2/c12-7-4-9-6(3-11(14)15)1-2-8(9)10(13)5-7/h3-5H,1-2H2,(H,14,15)/b6-3+. The summed E-state index contributed by atoms with van der Waals surface area (Å²) in [5, 5.41) is 9.85. The highest BCUT2D eigenvalue weighted by Gasteiger charge is 2.20. The van der Waals surface area contributed by atoms with Gasteiger partial charge in [-0.1, -0.05) is 23.2 Å². The second-order valence-electron chi connectivity index (χ2n) is 3.42. The normalized spacial score (nSPS) is 16.8. The molecule has 15 heavy (non-hydrogen) atoms. The molecule has 4 heteroatoms. The summed E-state index contributed by atoms with van der Waals surface area (Å²) < 4.78 is 0. The Morgan fingerprint density at radius 2 is 2.07 bits per heavy atom. The fourth-order valence-electron chi connectivity index (χ4n) is 1.84. The molecule has 0 atom stereocenters. The van der Waals surface area contributed by atoms with Crippen LogP contribution in [0.5, 0.6) is 0 Å². The first-order valence-corrected chi connectivity index (χ1v) is 5.25. The maximum atomic E-state index is 10.6. The number of hydrogen-bond acceptors (Lipinski definition) is 1. The van der Waals surface area contributed by atoms with E-state index in [0.29, 0.717) is 16.5 Å². The van der Waals surface area contributed by atoms with Crippen molar-refractivity contribution in [1.29, 1.82) is 0 Å². The summed E-state index contributed by atoms with van der Waals surface area (Å²) in [6, 6.07) is 3.45. The third kappa shape index (κ3) is 2.01. The van der Waals surface area contributed by atoms with Gasteiger partial charge in [-0.05, 0) is 41.7 Å². The van der Waals surface area contributed by atoms with Gasteiger partial charge in [0.1, 0.15) is 0 Å². The van der Waals surface area contributed by atoms with Gasteiger partial charge in [0.2, 0.25) is 0 Å². The topological polar surface area (TPSA) is 37.3 Å². The Morgan fingerprint density at radius 3 is 2.73 bits per heavy atom. The zero-order valence-electron chi connectivity index (χ0n) is 7.76. The minimum atomic E-state index is -0.936. The van der Waals surface area contributed by atoms with Crippen LogP contribution in [0.15, 0.2) is 18.2 Å².